The van der Waals surface area contributed by atoms with Crippen LogP contribution in [0, 0.1) is 0 Å². The minimum Gasteiger partial charge on any atom is -0.229 e. The van der Waals surface area contributed by atoms with Crippen LogP contribution in [-0.4, -0.2) is 9.97 Å². The summed E-state index contributed by atoms with van der Waals surface area (Å²) in [6.45, 7) is 0. The Morgan fingerprint density at radius 1 is 1.09 bits per heavy atom. The fraction of sp³-hybridized carbons (Fsp3) is 0.294. The molecule has 4 rings (SSSR count). The molecule has 0 saturated carbocycles. The second kappa shape index (κ2) is 6.19. The number of hydrogen-bond donors (Lipinski definition) is 0. The SMILES string of the molecule is Clc1ccc(CSc2ncnc3sc4c(c23)CCCC4)cc1. The van der Waals surface area contributed by atoms with E-state index in [4.69, 9.17) is 11.6 Å². The molecule has 1 aliphatic rings. The molecule has 0 bridgehead atoms. The lowest BCUT2D eigenvalue weighted by Gasteiger charge is -2.11. The van der Waals surface area contributed by atoms with E-state index in [9.17, 15) is 0 Å². The molecular formula is C17H15ClN2S2. The van der Waals surface area contributed by atoms with Gasteiger partial charge in [0, 0.05) is 21.0 Å². The normalized spacial score (nSPS) is 14.2. The Bertz CT molecular complexity index is 811. The van der Waals surface area contributed by atoms with Crippen LogP contribution in [-0.2, 0) is 18.6 Å². The average Bonchev–Trinajstić information content (AvgIpc) is 2.93. The molecule has 2 nitrogen and oxygen atoms in total. The number of aryl methyl sites for hydroxylation is 2. The van der Waals surface area contributed by atoms with Crippen molar-refractivity contribution in [2.45, 2.75) is 36.5 Å². The van der Waals surface area contributed by atoms with Crippen LogP contribution < -0.4 is 0 Å². The van der Waals surface area contributed by atoms with Crippen LogP contribution in [0.5, 0.6) is 0 Å². The van der Waals surface area contributed by atoms with Crippen LogP contribution >= 0.6 is 34.7 Å². The predicted molar refractivity (Wildman–Crippen MR) is 95.1 cm³/mol. The third-order valence-corrected chi connectivity index (χ3v) is 6.52. The molecule has 3 aromatic rings. The zero-order chi connectivity index (χ0) is 14.9. The molecule has 0 fully saturated rings. The van der Waals surface area contributed by atoms with Crippen LogP contribution in [0.4, 0.5) is 0 Å². The van der Waals surface area contributed by atoms with Gasteiger partial charge in [0.1, 0.15) is 16.2 Å². The molecule has 0 N–H and O–H groups in total. The molecule has 22 heavy (non-hydrogen) atoms. The molecule has 0 amide bonds. The predicted octanol–water partition coefficient (Wildman–Crippen LogP) is 5.52. The summed E-state index contributed by atoms with van der Waals surface area (Å²) in [4.78, 5) is 11.7. The van der Waals surface area contributed by atoms with Crippen LogP contribution in [0.25, 0.3) is 10.2 Å². The van der Waals surface area contributed by atoms with Crippen molar-refractivity contribution in [1.82, 2.24) is 9.97 Å². The summed E-state index contributed by atoms with van der Waals surface area (Å²) in [6.07, 6.45) is 6.68. The van der Waals surface area contributed by atoms with Crippen LogP contribution in [0.15, 0.2) is 35.6 Å². The van der Waals surface area contributed by atoms with E-state index >= 15 is 0 Å². The molecule has 0 aliphatic heterocycles. The number of benzene rings is 1. The van der Waals surface area contributed by atoms with E-state index in [0.717, 1.165) is 20.6 Å². The van der Waals surface area contributed by atoms with E-state index in [0.29, 0.717) is 0 Å². The molecule has 0 atom stereocenters. The maximum Gasteiger partial charge on any atom is 0.128 e. The van der Waals surface area contributed by atoms with Gasteiger partial charge in [-0.3, -0.25) is 0 Å². The van der Waals surface area contributed by atoms with Crippen LogP contribution in [0.1, 0.15) is 28.8 Å². The van der Waals surface area contributed by atoms with Crippen molar-refractivity contribution < 1.29 is 0 Å². The number of fused-ring (bicyclic) bond motifs is 3. The first-order valence-corrected chi connectivity index (χ1v) is 9.62. The Hall–Kier alpha value is -1.10. The van der Waals surface area contributed by atoms with Gasteiger partial charge in [-0.1, -0.05) is 23.7 Å². The number of aromatic nitrogens is 2. The summed E-state index contributed by atoms with van der Waals surface area (Å²) < 4.78 is 0. The minimum atomic E-state index is 0.782. The summed E-state index contributed by atoms with van der Waals surface area (Å²) in [6, 6.07) is 8.05. The summed E-state index contributed by atoms with van der Waals surface area (Å²) >= 11 is 9.60. The second-order valence-electron chi connectivity index (χ2n) is 5.49. The molecule has 2 aromatic heterocycles. The molecule has 0 radical (unpaired) electrons. The van der Waals surface area contributed by atoms with Gasteiger partial charge in [0.2, 0.25) is 0 Å². The van der Waals surface area contributed by atoms with E-state index < -0.39 is 0 Å². The van der Waals surface area contributed by atoms with Crippen molar-refractivity contribution in [1.29, 1.82) is 0 Å². The summed E-state index contributed by atoms with van der Waals surface area (Å²) in [5, 5.41) is 3.21. The van der Waals surface area contributed by atoms with Gasteiger partial charge in [0.05, 0.1) is 0 Å². The monoisotopic (exact) mass is 346 g/mol. The first-order valence-electron chi connectivity index (χ1n) is 7.44. The van der Waals surface area contributed by atoms with Crippen LogP contribution in [0.2, 0.25) is 5.02 Å². The van der Waals surface area contributed by atoms with Gasteiger partial charge in [-0.15, -0.1) is 23.1 Å². The number of thioether (sulfide) groups is 1. The first kappa shape index (κ1) is 14.5. The van der Waals surface area contributed by atoms with Crippen molar-refractivity contribution in [3.8, 4) is 0 Å². The quantitative estimate of drug-likeness (QED) is 0.461. The molecule has 0 saturated heterocycles. The maximum absolute atomic E-state index is 5.95. The van der Waals surface area contributed by atoms with Crippen molar-refractivity contribution >= 4 is 44.9 Å². The van der Waals surface area contributed by atoms with E-state index in [1.54, 1.807) is 18.1 Å². The van der Waals surface area contributed by atoms with Gasteiger partial charge < -0.3 is 0 Å². The largest absolute Gasteiger partial charge is 0.229 e. The highest BCUT2D eigenvalue weighted by Gasteiger charge is 2.19. The molecule has 0 spiro atoms. The fourth-order valence-electron chi connectivity index (χ4n) is 2.90. The Kier molecular flexibility index (Phi) is 4.07. The van der Waals surface area contributed by atoms with Crippen molar-refractivity contribution in [2.24, 2.45) is 0 Å². The summed E-state index contributed by atoms with van der Waals surface area (Å²) in [7, 11) is 0. The fourth-order valence-corrected chi connectivity index (χ4v) is 5.30. The third-order valence-electron chi connectivity index (χ3n) is 4.01. The maximum atomic E-state index is 5.95. The summed E-state index contributed by atoms with van der Waals surface area (Å²) in [5.41, 5.74) is 2.77. The lowest BCUT2D eigenvalue weighted by molar-refractivity contribution is 0.699. The number of thiophene rings is 1. The van der Waals surface area contributed by atoms with Crippen LogP contribution in [0.3, 0.4) is 0 Å². The number of halogens is 1. The minimum absolute atomic E-state index is 0.782. The highest BCUT2D eigenvalue weighted by atomic mass is 35.5. The molecular weight excluding hydrogens is 332 g/mol. The highest BCUT2D eigenvalue weighted by Crippen LogP contribution is 2.39. The number of rotatable bonds is 3. The molecule has 1 aromatic carbocycles. The highest BCUT2D eigenvalue weighted by molar-refractivity contribution is 7.98. The van der Waals surface area contributed by atoms with E-state index in [-0.39, 0.29) is 0 Å². The summed E-state index contributed by atoms with van der Waals surface area (Å²) in [5.74, 6) is 0.911. The first-order chi connectivity index (χ1) is 10.8. The van der Waals surface area contributed by atoms with E-state index in [2.05, 4.69) is 22.1 Å². The number of hydrogen-bond acceptors (Lipinski definition) is 4. The smallest absolute Gasteiger partial charge is 0.128 e. The van der Waals surface area contributed by atoms with Crippen molar-refractivity contribution in [2.75, 3.05) is 0 Å². The van der Waals surface area contributed by atoms with Gasteiger partial charge in [0.15, 0.2) is 0 Å². The molecule has 0 unspecified atom stereocenters. The van der Waals surface area contributed by atoms with Gasteiger partial charge in [-0.25, -0.2) is 9.97 Å². The Balaban J connectivity index is 1.66. The van der Waals surface area contributed by atoms with Gasteiger partial charge >= 0.3 is 0 Å². The van der Waals surface area contributed by atoms with Gasteiger partial charge in [-0.2, -0.15) is 0 Å². The van der Waals surface area contributed by atoms with Gasteiger partial charge in [-0.05, 0) is 48.9 Å². The lowest BCUT2D eigenvalue weighted by Crippen LogP contribution is -1.99. The second-order valence-corrected chi connectivity index (χ2v) is 7.97. The zero-order valence-corrected chi connectivity index (χ0v) is 14.4. The van der Waals surface area contributed by atoms with E-state index in [1.807, 2.05) is 23.5 Å². The zero-order valence-electron chi connectivity index (χ0n) is 12.0. The Morgan fingerprint density at radius 2 is 1.91 bits per heavy atom. The van der Waals surface area contributed by atoms with Gasteiger partial charge in [0.25, 0.3) is 0 Å². The lowest BCUT2D eigenvalue weighted by atomic mass is 9.97. The Morgan fingerprint density at radius 3 is 2.77 bits per heavy atom. The molecule has 112 valence electrons. The molecule has 1 aliphatic carbocycles. The van der Waals surface area contributed by atoms with Crippen molar-refractivity contribution in [3.05, 3.63) is 51.6 Å². The van der Waals surface area contributed by atoms with Crippen molar-refractivity contribution in [3.63, 3.8) is 0 Å². The average molecular weight is 347 g/mol. The van der Waals surface area contributed by atoms with E-state index in [1.165, 1.54) is 47.1 Å². The third kappa shape index (κ3) is 2.75. The molecule has 2 heterocycles. The number of nitrogens with zero attached hydrogens (tertiary/aromatic N) is 2. The molecule has 5 heteroatoms. The Labute approximate surface area is 142 Å². The topological polar surface area (TPSA) is 25.8 Å². The standard InChI is InChI=1S/C17H15ClN2S2/c18-12-7-5-11(6-8-12)9-21-16-15-13-3-1-2-4-14(13)22-17(15)20-10-19-16/h5-8,10H,1-4,9H2.